The molecule has 4 aromatic heterocycles. The molecule has 0 fully saturated rings. The van der Waals surface area contributed by atoms with Gasteiger partial charge in [0.15, 0.2) is 5.43 Å². The lowest BCUT2D eigenvalue weighted by atomic mass is 10.00. The van der Waals surface area contributed by atoms with Crippen LogP contribution in [0, 0.1) is 0 Å². The van der Waals surface area contributed by atoms with E-state index in [1.165, 1.54) is 6.07 Å². The summed E-state index contributed by atoms with van der Waals surface area (Å²) in [6, 6.07) is 8.83. The third kappa shape index (κ3) is 2.49. The first-order valence-corrected chi connectivity index (χ1v) is 8.51. The van der Waals surface area contributed by atoms with Gasteiger partial charge in [0, 0.05) is 31.1 Å². The Bertz CT molecular complexity index is 1380. The Labute approximate surface area is 156 Å². The molecular formula is C18H12ClN7O. The van der Waals surface area contributed by atoms with Crippen LogP contribution in [0.3, 0.4) is 0 Å². The molecule has 2 N–H and O–H groups in total. The van der Waals surface area contributed by atoms with E-state index in [-0.39, 0.29) is 5.43 Å². The molecule has 132 valence electrons. The molecule has 9 heteroatoms. The fourth-order valence-corrected chi connectivity index (χ4v) is 3.38. The van der Waals surface area contributed by atoms with Crippen LogP contribution in [0.1, 0.15) is 0 Å². The van der Waals surface area contributed by atoms with E-state index >= 15 is 0 Å². The number of nitrogens with zero attached hydrogens (tertiary/aromatic N) is 5. The Hall–Kier alpha value is -3.52. The number of hydrogen-bond acceptors (Lipinski definition) is 5. The summed E-state index contributed by atoms with van der Waals surface area (Å²) in [5.74, 6) is 0. The molecule has 5 rings (SSSR count). The predicted molar refractivity (Wildman–Crippen MR) is 102 cm³/mol. The van der Waals surface area contributed by atoms with E-state index in [9.17, 15) is 4.79 Å². The lowest BCUT2D eigenvalue weighted by Crippen LogP contribution is -2.03. The molecule has 0 saturated heterocycles. The second-order valence-electron chi connectivity index (χ2n) is 6.16. The number of H-pyrrole nitrogens is 2. The minimum atomic E-state index is -0.111. The topological polar surface area (TPSA) is 105 Å². The molecule has 0 amide bonds. The van der Waals surface area contributed by atoms with Crippen molar-refractivity contribution in [1.82, 2.24) is 35.2 Å². The monoisotopic (exact) mass is 377 g/mol. The molecule has 0 atom stereocenters. The standard InChI is InChI=1S/C18H12ClN7O/c1-26-5-3-13(24-26)16-10(8-11-15(27)2-4-20-18(11)21-16)9-6-12(19)17-14(7-9)22-25-23-17/h2-8H,1H3,(H,20,21,27)(H,22,23,25). The summed E-state index contributed by atoms with van der Waals surface area (Å²) in [5, 5.41) is 16.0. The van der Waals surface area contributed by atoms with Crippen LogP contribution in [0.5, 0.6) is 0 Å². The van der Waals surface area contributed by atoms with Gasteiger partial charge in [-0.15, -0.1) is 5.10 Å². The summed E-state index contributed by atoms with van der Waals surface area (Å²) in [6.45, 7) is 0. The number of hydrogen-bond donors (Lipinski definition) is 2. The van der Waals surface area contributed by atoms with Crippen LogP contribution in [-0.2, 0) is 7.05 Å². The van der Waals surface area contributed by atoms with Crippen molar-refractivity contribution in [3.05, 3.63) is 58.0 Å². The Morgan fingerprint density at radius 1 is 1.19 bits per heavy atom. The third-order valence-electron chi connectivity index (χ3n) is 4.39. The summed E-state index contributed by atoms with van der Waals surface area (Å²) in [6.07, 6.45) is 3.42. The van der Waals surface area contributed by atoms with Crippen molar-refractivity contribution in [3.63, 3.8) is 0 Å². The molecule has 5 aromatic rings. The number of aryl methyl sites for hydroxylation is 1. The van der Waals surface area contributed by atoms with Crippen molar-refractivity contribution in [2.45, 2.75) is 0 Å². The highest BCUT2D eigenvalue weighted by atomic mass is 35.5. The first-order chi connectivity index (χ1) is 13.1. The van der Waals surface area contributed by atoms with E-state index in [2.05, 4.69) is 30.5 Å². The quantitative estimate of drug-likeness (QED) is 0.492. The van der Waals surface area contributed by atoms with Gasteiger partial charge in [-0.1, -0.05) is 16.8 Å². The van der Waals surface area contributed by atoms with Gasteiger partial charge in [-0.2, -0.15) is 5.10 Å². The van der Waals surface area contributed by atoms with Crippen LogP contribution in [0.25, 0.3) is 44.6 Å². The number of nitrogens with one attached hydrogen (secondary N) is 2. The smallest absolute Gasteiger partial charge is 0.191 e. The van der Waals surface area contributed by atoms with E-state index in [0.29, 0.717) is 38.5 Å². The van der Waals surface area contributed by atoms with E-state index < -0.39 is 0 Å². The highest BCUT2D eigenvalue weighted by molar-refractivity contribution is 6.35. The SMILES string of the molecule is Cn1ccc(-c2nc3[nH]ccc(=O)c3cc2-c2cc(Cl)c3nn[nH]c3c2)n1. The fourth-order valence-electron chi connectivity index (χ4n) is 3.12. The maximum absolute atomic E-state index is 12.3. The van der Waals surface area contributed by atoms with Gasteiger partial charge in [0.25, 0.3) is 0 Å². The summed E-state index contributed by atoms with van der Waals surface area (Å²) in [5.41, 5.74) is 4.56. The summed E-state index contributed by atoms with van der Waals surface area (Å²) in [7, 11) is 1.84. The molecule has 0 radical (unpaired) electrons. The van der Waals surface area contributed by atoms with Crippen LogP contribution in [0.2, 0.25) is 5.02 Å². The normalized spacial score (nSPS) is 11.5. The molecule has 0 bridgehead atoms. The molecular weight excluding hydrogens is 366 g/mol. The highest BCUT2D eigenvalue weighted by Gasteiger charge is 2.17. The van der Waals surface area contributed by atoms with Crippen molar-refractivity contribution in [1.29, 1.82) is 0 Å². The minimum Gasteiger partial charge on any atom is -0.346 e. The van der Waals surface area contributed by atoms with Crippen molar-refractivity contribution in [3.8, 4) is 22.5 Å². The summed E-state index contributed by atoms with van der Waals surface area (Å²) >= 11 is 6.37. The lowest BCUT2D eigenvalue weighted by molar-refractivity contribution is 0.770. The minimum absolute atomic E-state index is 0.111. The molecule has 0 aliphatic heterocycles. The van der Waals surface area contributed by atoms with Gasteiger partial charge in [-0.3, -0.25) is 14.6 Å². The molecule has 4 heterocycles. The first-order valence-electron chi connectivity index (χ1n) is 8.13. The molecule has 0 aliphatic carbocycles. The number of aromatic amines is 2. The van der Waals surface area contributed by atoms with Gasteiger partial charge >= 0.3 is 0 Å². The second kappa shape index (κ2) is 5.75. The fraction of sp³-hybridized carbons (Fsp3) is 0.0556. The number of rotatable bonds is 2. The van der Waals surface area contributed by atoms with Gasteiger partial charge in [0.2, 0.25) is 0 Å². The number of halogens is 1. The van der Waals surface area contributed by atoms with Gasteiger partial charge in [-0.05, 0) is 29.8 Å². The van der Waals surface area contributed by atoms with Gasteiger partial charge in [-0.25, -0.2) is 4.98 Å². The maximum Gasteiger partial charge on any atom is 0.191 e. The van der Waals surface area contributed by atoms with Gasteiger partial charge in [0.1, 0.15) is 22.6 Å². The molecule has 0 saturated carbocycles. The number of aromatic nitrogens is 7. The average Bonchev–Trinajstić information content (AvgIpc) is 3.30. The lowest BCUT2D eigenvalue weighted by Gasteiger charge is -2.10. The highest BCUT2D eigenvalue weighted by Crippen LogP contribution is 2.35. The van der Waals surface area contributed by atoms with Crippen molar-refractivity contribution in [2.24, 2.45) is 7.05 Å². The molecule has 0 spiro atoms. The van der Waals surface area contributed by atoms with E-state index in [1.54, 1.807) is 16.9 Å². The van der Waals surface area contributed by atoms with E-state index in [0.717, 1.165) is 11.1 Å². The van der Waals surface area contributed by atoms with Crippen LogP contribution >= 0.6 is 11.6 Å². The number of fused-ring (bicyclic) bond motifs is 2. The Morgan fingerprint density at radius 3 is 2.89 bits per heavy atom. The number of benzene rings is 1. The molecule has 0 unspecified atom stereocenters. The molecule has 1 aromatic carbocycles. The zero-order chi connectivity index (χ0) is 18.5. The predicted octanol–water partition coefficient (Wildman–Crippen LogP) is 2.92. The maximum atomic E-state index is 12.3. The molecule has 0 aliphatic rings. The summed E-state index contributed by atoms with van der Waals surface area (Å²) in [4.78, 5) is 20.0. The third-order valence-corrected chi connectivity index (χ3v) is 4.68. The molecule has 27 heavy (non-hydrogen) atoms. The van der Waals surface area contributed by atoms with Crippen molar-refractivity contribution < 1.29 is 0 Å². The Kier molecular flexibility index (Phi) is 3.34. The van der Waals surface area contributed by atoms with Crippen LogP contribution < -0.4 is 5.43 Å². The molecule has 8 nitrogen and oxygen atoms in total. The largest absolute Gasteiger partial charge is 0.346 e. The first kappa shape index (κ1) is 15.7. The Balaban J connectivity index is 1.88. The van der Waals surface area contributed by atoms with Crippen molar-refractivity contribution in [2.75, 3.05) is 0 Å². The second-order valence-corrected chi connectivity index (χ2v) is 6.57. The van der Waals surface area contributed by atoms with Crippen LogP contribution in [0.15, 0.2) is 47.5 Å². The van der Waals surface area contributed by atoms with Crippen LogP contribution in [0.4, 0.5) is 0 Å². The summed E-state index contributed by atoms with van der Waals surface area (Å²) < 4.78 is 1.70. The average molecular weight is 378 g/mol. The van der Waals surface area contributed by atoms with Gasteiger partial charge < -0.3 is 4.98 Å². The van der Waals surface area contributed by atoms with E-state index in [1.807, 2.05) is 31.4 Å². The zero-order valence-electron chi connectivity index (χ0n) is 14.1. The van der Waals surface area contributed by atoms with Crippen LogP contribution in [-0.4, -0.2) is 35.2 Å². The number of pyridine rings is 2. The Morgan fingerprint density at radius 2 is 2.07 bits per heavy atom. The zero-order valence-corrected chi connectivity index (χ0v) is 14.8. The van der Waals surface area contributed by atoms with E-state index in [4.69, 9.17) is 11.6 Å². The van der Waals surface area contributed by atoms with Gasteiger partial charge in [0.05, 0.1) is 15.9 Å². The van der Waals surface area contributed by atoms with Crippen molar-refractivity contribution >= 4 is 33.7 Å².